The lowest BCUT2D eigenvalue weighted by Crippen LogP contribution is -2.34. The highest BCUT2D eigenvalue weighted by atomic mass is 32.1. The highest BCUT2D eigenvalue weighted by Gasteiger charge is 2.33. The molecule has 1 aliphatic heterocycles. The molecule has 8 nitrogen and oxygen atoms in total. The van der Waals surface area contributed by atoms with Crippen LogP contribution in [0.3, 0.4) is 0 Å². The Morgan fingerprint density at radius 2 is 2.17 bits per heavy atom. The minimum Gasteiger partial charge on any atom is -0.496 e. The summed E-state index contributed by atoms with van der Waals surface area (Å²) in [6, 6.07) is 7.95. The molecule has 4 heterocycles. The Balaban J connectivity index is 1.49. The molecule has 0 spiro atoms. The molecular formula is C26H26N4O4S. The molecule has 1 aromatic carbocycles. The topological polar surface area (TPSA) is 90.5 Å². The number of ether oxygens (including phenoxy) is 2. The van der Waals surface area contributed by atoms with Crippen LogP contribution in [0.2, 0.25) is 0 Å². The van der Waals surface area contributed by atoms with Crippen LogP contribution < -0.4 is 14.8 Å². The van der Waals surface area contributed by atoms with Gasteiger partial charge in [0.1, 0.15) is 18.1 Å². The summed E-state index contributed by atoms with van der Waals surface area (Å²) >= 11 is 1.58. The molecule has 1 aliphatic carbocycles. The third kappa shape index (κ3) is 3.81. The lowest BCUT2D eigenvalue weighted by Gasteiger charge is -2.22. The van der Waals surface area contributed by atoms with E-state index in [2.05, 4.69) is 11.4 Å². The number of amides is 1. The van der Waals surface area contributed by atoms with Crippen LogP contribution in [0.15, 0.2) is 47.4 Å². The molecule has 2 atom stereocenters. The van der Waals surface area contributed by atoms with Gasteiger partial charge in [-0.3, -0.25) is 4.79 Å². The number of aliphatic hydroxyl groups is 1. The normalized spacial score (nSPS) is 18.6. The number of fused-ring (bicyclic) bond motifs is 3. The molecule has 2 aliphatic rings. The molecule has 9 heteroatoms. The summed E-state index contributed by atoms with van der Waals surface area (Å²) < 4.78 is 15.7. The summed E-state index contributed by atoms with van der Waals surface area (Å²) in [6.07, 6.45) is 5.71. The summed E-state index contributed by atoms with van der Waals surface area (Å²) in [5, 5.41) is 21.7. The van der Waals surface area contributed by atoms with Gasteiger partial charge in [-0.15, -0.1) is 0 Å². The summed E-state index contributed by atoms with van der Waals surface area (Å²) in [6.45, 7) is 0.232. The smallest absolute Gasteiger partial charge is 0.272 e. The van der Waals surface area contributed by atoms with Crippen LogP contribution in [0, 0.1) is 0 Å². The number of methoxy groups -OCH3 is 1. The number of aliphatic hydroxyl groups excluding tert-OH is 1. The van der Waals surface area contributed by atoms with Crippen molar-refractivity contribution in [3.63, 3.8) is 0 Å². The fraction of sp³-hybridized carbons (Fsp3) is 0.308. The molecule has 35 heavy (non-hydrogen) atoms. The number of rotatable bonds is 5. The molecule has 0 bridgehead atoms. The molecule has 2 N–H and O–H groups in total. The second-order valence-electron chi connectivity index (χ2n) is 9.11. The summed E-state index contributed by atoms with van der Waals surface area (Å²) in [7, 11) is 3.63. The van der Waals surface area contributed by atoms with Gasteiger partial charge in [-0.1, -0.05) is 0 Å². The fourth-order valence-electron chi connectivity index (χ4n) is 5.03. The number of aromatic nitrogens is 3. The Morgan fingerprint density at radius 3 is 2.86 bits per heavy atom. The zero-order valence-electron chi connectivity index (χ0n) is 19.5. The maximum atomic E-state index is 13.3. The van der Waals surface area contributed by atoms with E-state index < -0.39 is 0 Å². The van der Waals surface area contributed by atoms with Crippen molar-refractivity contribution in [1.82, 2.24) is 19.7 Å². The van der Waals surface area contributed by atoms with Crippen LogP contribution in [0.1, 0.15) is 35.3 Å². The Kier molecular flexibility index (Phi) is 5.38. The van der Waals surface area contributed by atoms with Crippen LogP contribution >= 0.6 is 11.3 Å². The first-order valence-electron chi connectivity index (χ1n) is 11.6. The highest BCUT2D eigenvalue weighted by molar-refractivity contribution is 7.08. The Bertz CT molecular complexity index is 1410. The molecule has 0 saturated heterocycles. The first-order chi connectivity index (χ1) is 17.0. The number of nitrogens with one attached hydrogen (secondary N) is 1. The van der Waals surface area contributed by atoms with Crippen molar-refractivity contribution in [3.05, 3.63) is 58.7 Å². The molecule has 3 aromatic heterocycles. The van der Waals surface area contributed by atoms with Crippen molar-refractivity contribution in [3.8, 4) is 39.6 Å². The van der Waals surface area contributed by atoms with E-state index in [1.54, 1.807) is 18.4 Å². The van der Waals surface area contributed by atoms with Gasteiger partial charge in [0.15, 0.2) is 5.69 Å². The minimum atomic E-state index is -0.362. The van der Waals surface area contributed by atoms with Crippen molar-refractivity contribution < 1.29 is 19.4 Å². The second-order valence-corrected chi connectivity index (χ2v) is 9.89. The zero-order valence-corrected chi connectivity index (χ0v) is 20.3. The lowest BCUT2D eigenvalue weighted by atomic mass is 9.97. The van der Waals surface area contributed by atoms with Crippen molar-refractivity contribution >= 4 is 17.2 Å². The number of nitrogens with zero attached hydrogens (tertiary/aromatic N) is 3. The van der Waals surface area contributed by atoms with Crippen LogP contribution in [-0.2, 0) is 13.7 Å². The van der Waals surface area contributed by atoms with Crippen molar-refractivity contribution in [2.45, 2.75) is 38.0 Å². The molecule has 1 fully saturated rings. The van der Waals surface area contributed by atoms with Gasteiger partial charge in [-0.05, 0) is 42.8 Å². The molecular weight excluding hydrogens is 464 g/mol. The second kappa shape index (κ2) is 8.58. The van der Waals surface area contributed by atoms with E-state index in [4.69, 9.17) is 14.6 Å². The van der Waals surface area contributed by atoms with Crippen molar-refractivity contribution in [2.75, 3.05) is 7.11 Å². The Morgan fingerprint density at radius 1 is 1.29 bits per heavy atom. The van der Waals surface area contributed by atoms with Crippen LogP contribution in [0.5, 0.6) is 11.5 Å². The maximum Gasteiger partial charge on any atom is 0.272 e. The zero-order chi connectivity index (χ0) is 24.1. The standard InChI is InChI=1S/C26H26N4O4S/c1-29-7-5-15(12-29)19-10-20-23(11-22(19)33-2)34-13-21-24(26(32)27-16-3-4-18(31)9-16)28-30(25(20)21)17-6-8-35-14-17/h5-8,10-12,14,16,18,31H,3-4,9,13H2,1-2H3,(H,27,32)/t16-,18-/m0/s1. The Labute approximate surface area is 206 Å². The molecule has 1 amide bonds. The van der Waals surface area contributed by atoms with Gasteiger partial charge in [0.2, 0.25) is 0 Å². The summed E-state index contributed by atoms with van der Waals surface area (Å²) in [4.78, 5) is 13.3. The van der Waals surface area contributed by atoms with Crippen LogP contribution in [0.4, 0.5) is 0 Å². The van der Waals surface area contributed by atoms with E-state index in [1.807, 2.05) is 57.6 Å². The lowest BCUT2D eigenvalue weighted by molar-refractivity contribution is 0.0926. The molecule has 6 rings (SSSR count). The third-order valence-corrected chi connectivity index (χ3v) is 7.43. The first kappa shape index (κ1) is 21.9. The highest BCUT2D eigenvalue weighted by Crippen LogP contribution is 2.46. The van der Waals surface area contributed by atoms with Gasteiger partial charge in [0.25, 0.3) is 5.91 Å². The number of benzene rings is 1. The molecule has 4 aromatic rings. The average Bonchev–Trinajstić information content (AvgIpc) is 3.65. The predicted molar refractivity (Wildman–Crippen MR) is 133 cm³/mol. The number of hydrogen-bond donors (Lipinski definition) is 2. The molecule has 180 valence electrons. The van der Waals surface area contributed by atoms with Gasteiger partial charge in [0, 0.05) is 59.2 Å². The molecule has 1 saturated carbocycles. The quantitative estimate of drug-likeness (QED) is 0.439. The largest absolute Gasteiger partial charge is 0.496 e. The van der Waals surface area contributed by atoms with E-state index in [9.17, 15) is 9.90 Å². The first-order valence-corrected chi connectivity index (χ1v) is 12.6. The number of carbonyl (C=O) groups is 1. The van der Waals surface area contributed by atoms with Gasteiger partial charge >= 0.3 is 0 Å². The predicted octanol–water partition coefficient (Wildman–Crippen LogP) is 4.15. The SMILES string of the molecule is COc1cc2c(cc1-c1ccn(C)c1)-c1c(c(C(=O)N[C@H]3CC[C@H](O)C3)nn1-c1ccsc1)CO2. The van der Waals surface area contributed by atoms with Crippen LogP contribution in [-0.4, -0.2) is 44.6 Å². The Hall–Kier alpha value is -3.56. The van der Waals surface area contributed by atoms with Crippen LogP contribution in [0.25, 0.3) is 28.1 Å². The van der Waals surface area contributed by atoms with Gasteiger partial charge < -0.3 is 24.5 Å². The summed E-state index contributed by atoms with van der Waals surface area (Å²) in [5.74, 6) is 1.17. The van der Waals surface area contributed by atoms with Gasteiger partial charge in [-0.25, -0.2) is 4.68 Å². The molecule has 0 radical (unpaired) electrons. The number of hydrogen-bond acceptors (Lipinski definition) is 6. The molecule has 0 unspecified atom stereocenters. The van der Waals surface area contributed by atoms with E-state index in [0.717, 1.165) is 45.8 Å². The average molecular weight is 491 g/mol. The van der Waals surface area contributed by atoms with Crippen molar-refractivity contribution in [1.29, 1.82) is 0 Å². The monoisotopic (exact) mass is 490 g/mol. The number of aryl methyl sites for hydroxylation is 1. The number of thiophene rings is 1. The summed E-state index contributed by atoms with van der Waals surface area (Å²) in [5.41, 5.74) is 5.68. The fourth-order valence-corrected chi connectivity index (χ4v) is 5.64. The van der Waals surface area contributed by atoms with E-state index >= 15 is 0 Å². The van der Waals surface area contributed by atoms with E-state index in [-0.39, 0.29) is 24.7 Å². The maximum absolute atomic E-state index is 13.3. The number of carbonyl (C=O) groups excluding carboxylic acids is 1. The van der Waals surface area contributed by atoms with Crippen molar-refractivity contribution in [2.24, 2.45) is 7.05 Å². The van der Waals surface area contributed by atoms with E-state index in [1.165, 1.54) is 0 Å². The van der Waals surface area contributed by atoms with E-state index in [0.29, 0.717) is 24.3 Å². The van der Waals surface area contributed by atoms with Gasteiger partial charge in [0.05, 0.1) is 24.6 Å². The van der Waals surface area contributed by atoms with Gasteiger partial charge in [-0.2, -0.15) is 16.4 Å². The minimum absolute atomic E-state index is 0.0508. The third-order valence-electron chi connectivity index (χ3n) is 6.76.